The van der Waals surface area contributed by atoms with E-state index in [1.165, 1.54) is 29.4 Å². The molecule has 0 aliphatic rings. The van der Waals surface area contributed by atoms with E-state index >= 15 is 0 Å². The monoisotopic (exact) mass is 379 g/mol. The molecule has 7 nitrogen and oxygen atoms in total. The molecule has 0 unspecified atom stereocenters. The van der Waals surface area contributed by atoms with Gasteiger partial charge in [0.15, 0.2) is 0 Å². The maximum absolute atomic E-state index is 12.8. The number of fused-ring (bicyclic) bond motifs is 3. The van der Waals surface area contributed by atoms with Gasteiger partial charge in [-0.2, -0.15) is 0 Å². The van der Waals surface area contributed by atoms with Crippen molar-refractivity contribution >= 4 is 37.6 Å². The lowest BCUT2D eigenvalue weighted by Crippen LogP contribution is -2.18. The van der Waals surface area contributed by atoms with Crippen LogP contribution in [0, 0.1) is 0 Å². The first-order valence-electron chi connectivity index (χ1n) is 7.10. The van der Waals surface area contributed by atoms with Gasteiger partial charge in [-0.3, -0.25) is 9.36 Å². The summed E-state index contributed by atoms with van der Waals surface area (Å²) in [4.78, 5) is 25.5. The molecule has 0 spiro atoms. The quantitative estimate of drug-likeness (QED) is 0.575. The van der Waals surface area contributed by atoms with Gasteiger partial charge in [0.1, 0.15) is 39.3 Å². The van der Waals surface area contributed by atoms with Crippen molar-refractivity contribution in [2.75, 3.05) is 5.73 Å². The topological polar surface area (TPSA) is 95.9 Å². The van der Waals surface area contributed by atoms with Crippen LogP contribution in [0.5, 0.6) is 5.75 Å². The number of anilines is 1. The van der Waals surface area contributed by atoms with E-state index in [1.807, 2.05) is 0 Å². The molecule has 1 aromatic carbocycles. The van der Waals surface area contributed by atoms with Gasteiger partial charge in [-0.1, -0.05) is 0 Å². The minimum atomic E-state index is -4.78. The van der Waals surface area contributed by atoms with Crippen LogP contribution in [0.4, 0.5) is 19.0 Å². The normalized spacial score (nSPS) is 12.0. The van der Waals surface area contributed by atoms with E-state index in [2.05, 4.69) is 19.7 Å². The van der Waals surface area contributed by atoms with Crippen LogP contribution >= 0.6 is 11.3 Å². The lowest BCUT2D eigenvalue weighted by atomic mass is 10.3. The summed E-state index contributed by atoms with van der Waals surface area (Å²) in [7, 11) is 0. The molecule has 3 heterocycles. The van der Waals surface area contributed by atoms with Gasteiger partial charge in [0.25, 0.3) is 5.56 Å². The van der Waals surface area contributed by atoms with Crippen LogP contribution in [0.3, 0.4) is 0 Å². The Labute approximate surface area is 146 Å². The summed E-state index contributed by atoms with van der Waals surface area (Å²) in [6.07, 6.45) is -2.20. The molecule has 0 saturated heterocycles. The molecule has 0 amide bonds. The SMILES string of the molecule is Nc1ncnc2sc3c(=O)n(-c4ccc(OC(F)(F)F)cc4)cnc3c12. The molecular weight excluding hydrogens is 371 g/mol. The molecule has 0 aliphatic heterocycles. The molecule has 0 aliphatic carbocycles. The molecule has 0 bridgehead atoms. The number of hydrogen-bond acceptors (Lipinski definition) is 7. The molecule has 11 heteroatoms. The number of hydrogen-bond donors (Lipinski definition) is 1. The van der Waals surface area contributed by atoms with Gasteiger partial charge in [-0.25, -0.2) is 15.0 Å². The van der Waals surface area contributed by atoms with E-state index in [0.29, 0.717) is 26.1 Å². The summed E-state index contributed by atoms with van der Waals surface area (Å²) in [5.74, 6) is -0.159. The zero-order valence-corrected chi connectivity index (χ0v) is 13.5. The highest BCUT2D eigenvalue weighted by Crippen LogP contribution is 2.31. The molecule has 4 rings (SSSR count). The molecule has 26 heavy (non-hydrogen) atoms. The highest BCUT2D eigenvalue weighted by atomic mass is 32.1. The Kier molecular flexibility index (Phi) is 3.54. The number of alkyl halides is 3. The molecule has 0 radical (unpaired) electrons. The van der Waals surface area contributed by atoms with Gasteiger partial charge in [0.2, 0.25) is 0 Å². The Hall–Kier alpha value is -3.21. The maximum Gasteiger partial charge on any atom is 0.573 e. The van der Waals surface area contributed by atoms with Crippen LogP contribution < -0.4 is 16.0 Å². The Morgan fingerprint density at radius 3 is 2.54 bits per heavy atom. The number of halogens is 3. The predicted molar refractivity (Wildman–Crippen MR) is 89.4 cm³/mol. The Balaban J connectivity index is 1.83. The number of benzene rings is 1. The van der Waals surface area contributed by atoms with E-state index < -0.39 is 6.36 Å². The van der Waals surface area contributed by atoms with Crippen LogP contribution in [0.2, 0.25) is 0 Å². The first kappa shape index (κ1) is 16.3. The average molecular weight is 379 g/mol. The van der Waals surface area contributed by atoms with E-state index in [-0.39, 0.29) is 17.1 Å². The van der Waals surface area contributed by atoms with Gasteiger partial charge in [-0.05, 0) is 24.3 Å². The first-order valence-corrected chi connectivity index (χ1v) is 7.91. The second kappa shape index (κ2) is 5.66. The third-order valence-corrected chi connectivity index (χ3v) is 4.63. The van der Waals surface area contributed by atoms with Crippen molar-refractivity contribution in [3.05, 3.63) is 47.3 Å². The molecule has 0 saturated carbocycles. The first-order chi connectivity index (χ1) is 12.3. The number of ether oxygens (including phenoxy) is 1. The lowest BCUT2D eigenvalue weighted by Gasteiger charge is -2.10. The third kappa shape index (κ3) is 2.71. The van der Waals surface area contributed by atoms with Gasteiger partial charge < -0.3 is 10.5 Å². The van der Waals surface area contributed by atoms with Crippen molar-refractivity contribution in [3.63, 3.8) is 0 Å². The Morgan fingerprint density at radius 2 is 1.85 bits per heavy atom. The van der Waals surface area contributed by atoms with Crippen molar-refractivity contribution in [2.24, 2.45) is 0 Å². The molecule has 132 valence electrons. The highest BCUT2D eigenvalue weighted by molar-refractivity contribution is 7.25. The average Bonchev–Trinajstić information content (AvgIpc) is 2.96. The number of nitrogens with zero attached hydrogens (tertiary/aromatic N) is 4. The minimum absolute atomic E-state index is 0.222. The number of aromatic nitrogens is 4. The number of nitrogens with two attached hydrogens (primary N) is 1. The smallest absolute Gasteiger partial charge is 0.406 e. The van der Waals surface area contributed by atoms with Gasteiger partial charge in [0, 0.05) is 0 Å². The maximum atomic E-state index is 12.8. The Bertz CT molecular complexity index is 1180. The fourth-order valence-electron chi connectivity index (χ4n) is 2.48. The van der Waals surface area contributed by atoms with Gasteiger partial charge in [0.05, 0.1) is 11.1 Å². The van der Waals surface area contributed by atoms with Crippen LogP contribution in [0.1, 0.15) is 0 Å². The summed E-state index contributed by atoms with van der Waals surface area (Å²) >= 11 is 1.12. The van der Waals surface area contributed by atoms with Gasteiger partial charge >= 0.3 is 6.36 Å². The van der Waals surface area contributed by atoms with Crippen molar-refractivity contribution in [2.45, 2.75) is 6.36 Å². The second-order valence-corrected chi connectivity index (χ2v) is 6.18. The van der Waals surface area contributed by atoms with Crippen molar-refractivity contribution in [1.29, 1.82) is 0 Å². The molecule has 0 fully saturated rings. The summed E-state index contributed by atoms with van der Waals surface area (Å²) in [5.41, 5.74) is 6.18. The molecule has 0 atom stereocenters. The molecule has 3 aromatic heterocycles. The highest BCUT2D eigenvalue weighted by Gasteiger charge is 2.31. The largest absolute Gasteiger partial charge is 0.573 e. The zero-order chi connectivity index (χ0) is 18.5. The van der Waals surface area contributed by atoms with E-state index in [9.17, 15) is 18.0 Å². The van der Waals surface area contributed by atoms with Gasteiger partial charge in [-0.15, -0.1) is 24.5 Å². The fraction of sp³-hybridized carbons (Fsp3) is 0.0667. The summed E-state index contributed by atoms with van der Waals surface area (Å²) < 4.78 is 42.1. The predicted octanol–water partition coefficient (Wildman–Crippen LogP) is 2.87. The van der Waals surface area contributed by atoms with E-state index in [4.69, 9.17) is 5.73 Å². The van der Waals surface area contributed by atoms with Crippen LogP contribution in [-0.4, -0.2) is 25.9 Å². The number of rotatable bonds is 2. The van der Waals surface area contributed by atoms with E-state index in [1.54, 1.807) is 0 Å². The van der Waals surface area contributed by atoms with Crippen molar-refractivity contribution in [3.8, 4) is 11.4 Å². The van der Waals surface area contributed by atoms with Crippen LogP contribution in [0.25, 0.3) is 26.1 Å². The summed E-state index contributed by atoms with van der Waals surface area (Å²) in [5, 5.41) is 0.505. The number of nitrogen functional groups attached to an aromatic ring is 1. The zero-order valence-electron chi connectivity index (χ0n) is 12.7. The molecule has 2 N–H and O–H groups in total. The third-order valence-electron chi connectivity index (χ3n) is 3.56. The lowest BCUT2D eigenvalue weighted by molar-refractivity contribution is -0.274. The van der Waals surface area contributed by atoms with Crippen molar-refractivity contribution < 1.29 is 17.9 Å². The molecule has 4 aromatic rings. The molecular formula is C15H8F3N5O2S. The fourth-order valence-corrected chi connectivity index (χ4v) is 3.51. The summed E-state index contributed by atoms with van der Waals surface area (Å²) in [6, 6.07) is 4.90. The van der Waals surface area contributed by atoms with Crippen LogP contribution in [0.15, 0.2) is 41.7 Å². The van der Waals surface area contributed by atoms with Crippen molar-refractivity contribution in [1.82, 2.24) is 19.5 Å². The van der Waals surface area contributed by atoms with E-state index in [0.717, 1.165) is 23.5 Å². The standard InChI is InChI=1S/C15H8F3N5O2S/c16-15(17,18)25-8-3-1-7(2-4-8)23-6-22-10-9-12(19)20-5-21-13(9)26-11(10)14(23)24/h1-6H,(H2,19,20,21). The summed E-state index contributed by atoms with van der Waals surface area (Å²) in [6.45, 7) is 0. The second-order valence-electron chi connectivity index (χ2n) is 5.18. The minimum Gasteiger partial charge on any atom is -0.406 e. The van der Waals surface area contributed by atoms with Crippen LogP contribution in [-0.2, 0) is 0 Å². The Morgan fingerprint density at radius 1 is 1.12 bits per heavy atom. The number of thiophene rings is 1.